The number of rotatable bonds is 6. The Balaban J connectivity index is 1.56. The lowest BCUT2D eigenvalue weighted by molar-refractivity contribution is 0.101. The van der Waals surface area contributed by atoms with Crippen LogP contribution in [-0.2, 0) is 6.54 Å². The van der Waals surface area contributed by atoms with E-state index in [2.05, 4.69) is 25.5 Å². The second kappa shape index (κ2) is 8.13. The molecule has 8 nitrogen and oxygen atoms in total. The summed E-state index contributed by atoms with van der Waals surface area (Å²) in [6.45, 7) is 2.39. The van der Waals surface area contributed by atoms with Gasteiger partial charge in [-0.2, -0.15) is 5.10 Å². The summed E-state index contributed by atoms with van der Waals surface area (Å²) in [5, 5.41) is 10.3. The summed E-state index contributed by atoms with van der Waals surface area (Å²) >= 11 is 0. The number of alkyl halides is 4. The topological polar surface area (TPSA) is 90.0 Å². The maximum absolute atomic E-state index is 13.3. The van der Waals surface area contributed by atoms with Crippen LogP contribution in [0.5, 0.6) is 0 Å². The third kappa shape index (κ3) is 4.22. The van der Waals surface area contributed by atoms with Crippen LogP contribution in [0.25, 0.3) is 5.65 Å². The van der Waals surface area contributed by atoms with E-state index in [0.717, 1.165) is 17.2 Å². The molecule has 0 saturated carbocycles. The molecule has 1 amide bonds. The molecule has 0 aliphatic heterocycles. The van der Waals surface area contributed by atoms with Gasteiger partial charge >= 0.3 is 0 Å². The lowest BCUT2D eigenvalue weighted by Crippen LogP contribution is -2.14. The SMILES string of the molecule is Cc1ccccc1Cn1cnc(NC(=O)c2cc3nc(C(F)F)cc(C(F)F)n3n2)n1. The first-order valence-electron chi connectivity index (χ1n) is 9.04. The van der Waals surface area contributed by atoms with Crippen molar-refractivity contribution in [3.8, 4) is 0 Å². The van der Waals surface area contributed by atoms with E-state index in [1.807, 2.05) is 31.2 Å². The average Bonchev–Trinajstić information content (AvgIpc) is 3.35. The maximum Gasteiger partial charge on any atom is 0.280 e. The predicted molar refractivity (Wildman–Crippen MR) is 101 cm³/mol. The van der Waals surface area contributed by atoms with E-state index in [9.17, 15) is 22.4 Å². The van der Waals surface area contributed by atoms with Gasteiger partial charge in [0, 0.05) is 6.07 Å². The number of carbonyl (C=O) groups is 1. The van der Waals surface area contributed by atoms with Gasteiger partial charge in [0.25, 0.3) is 18.8 Å². The lowest BCUT2D eigenvalue weighted by atomic mass is 10.1. The van der Waals surface area contributed by atoms with Gasteiger partial charge in [0.2, 0.25) is 5.95 Å². The fourth-order valence-electron chi connectivity index (χ4n) is 2.95. The van der Waals surface area contributed by atoms with Gasteiger partial charge < -0.3 is 0 Å². The minimum absolute atomic E-state index is 0.0223. The van der Waals surface area contributed by atoms with Crippen molar-refractivity contribution in [2.75, 3.05) is 5.32 Å². The highest BCUT2D eigenvalue weighted by molar-refractivity contribution is 6.02. The van der Waals surface area contributed by atoms with Crippen LogP contribution < -0.4 is 5.32 Å². The molecule has 4 rings (SSSR count). The van der Waals surface area contributed by atoms with Gasteiger partial charge in [0.05, 0.1) is 6.54 Å². The molecule has 0 aliphatic rings. The van der Waals surface area contributed by atoms with Crippen molar-refractivity contribution < 1.29 is 22.4 Å². The van der Waals surface area contributed by atoms with Crippen LogP contribution in [0, 0.1) is 6.92 Å². The molecule has 1 aromatic carbocycles. The Labute approximate surface area is 172 Å². The molecular weight excluding hydrogens is 418 g/mol. The highest BCUT2D eigenvalue weighted by Gasteiger charge is 2.22. The van der Waals surface area contributed by atoms with Gasteiger partial charge in [-0.1, -0.05) is 24.3 Å². The molecule has 12 heteroatoms. The van der Waals surface area contributed by atoms with Gasteiger partial charge in [-0.25, -0.2) is 36.7 Å². The van der Waals surface area contributed by atoms with E-state index >= 15 is 0 Å². The first-order valence-corrected chi connectivity index (χ1v) is 9.04. The highest BCUT2D eigenvalue weighted by atomic mass is 19.3. The third-order valence-corrected chi connectivity index (χ3v) is 4.51. The molecule has 4 aromatic rings. The summed E-state index contributed by atoms with van der Waals surface area (Å²) in [5.41, 5.74) is -0.122. The Hall–Kier alpha value is -3.83. The number of benzene rings is 1. The molecule has 0 aliphatic carbocycles. The Morgan fingerprint density at radius 1 is 1.10 bits per heavy atom. The van der Waals surface area contributed by atoms with Gasteiger partial charge in [-0.3, -0.25) is 10.1 Å². The number of carbonyl (C=O) groups excluding carboxylic acids is 1. The molecule has 31 heavy (non-hydrogen) atoms. The Morgan fingerprint density at radius 3 is 2.58 bits per heavy atom. The van der Waals surface area contributed by atoms with E-state index in [1.54, 1.807) is 0 Å². The van der Waals surface area contributed by atoms with Crippen molar-refractivity contribution in [3.05, 3.63) is 70.9 Å². The number of halogens is 4. The normalized spacial score (nSPS) is 11.6. The number of aryl methyl sites for hydroxylation is 1. The van der Waals surface area contributed by atoms with Crippen LogP contribution in [-0.4, -0.2) is 35.3 Å². The number of anilines is 1. The van der Waals surface area contributed by atoms with Crippen molar-refractivity contribution in [2.24, 2.45) is 0 Å². The minimum atomic E-state index is -3.09. The Bertz CT molecular complexity index is 1250. The molecule has 3 heterocycles. The molecule has 0 saturated heterocycles. The lowest BCUT2D eigenvalue weighted by Gasteiger charge is -2.06. The summed E-state index contributed by atoms with van der Waals surface area (Å²) < 4.78 is 54.6. The summed E-state index contributed by atoms with van der Waals surface area (Å²) in [7, 11) is 0. The molecule has 0 fully saturated rings. The van der Waals surface area contributed by atoms with Crippen LogP contribution >= 0.6 is 0 Å². The predicted octanol–water partition coefficient (Wildman–Crippen LogP) is 3.81. The van der Waals surface area contributed by atoms with Crippen LogP contribution in [0.2, 0.25) is 0 Å². The average molecular weight is 433 g/mol. The smallest absolute Gasteiger partial charge is 0.280 e. The number of nitrogens with zero attached hydrogens (tertiary/aromatic N) is 6. The van der Waals surface area contributed by atoms with Crippen molar-refractivity contribution in [3.63, 3.8) is 0 Å². The maximum atomic E-state index is 13.3. The molecule has 0 unspecified atom stereocenters. The number of hydrogen-bond donors (Lipinski definition) is 1. The standard InChI is InChI=1S/C19H15F4N7O/c1-10-4-2-3-5-11(10)8-29-9-24-19(28-29)26-18(31)13-7-15-25-12(16(20)21)6-14(17(22)23)30(15)27-13/h2-7,9,16-17H,8H2,1H3,(H,26,28,31). The first kappa shape index (κ1) is 20.4. The van der Waals surface area contributed by atoms with E-state index in [4.69, 9.17) is 0 Å². The Kier molecular flexibility index (Phi) is 5.36. The largest absolute Gasteiger partial charge is 0.288 e. The molecule has 0 radical (unpaired) electrons. The van der Waals surface area contributed by atoms with Crippen molar-refractivity contribution in [2.45, 2.75) is 26.3 Å². The number of hydrogen-bond acceptors (Lipinski definition) is 5. The number of fused-ring (bicyclic) bond motifs is 1. The molecular formula is C19H15F4N7O. The van der Waals surface area contributed by atoms with Crippen LogP contribution in [0.15, 0.2) is 42.7 Å². The van der Waals surface area contributed by atoms with E-state index in [0.29, 0.717) is 17.1 Å². The van der Waals surface area contributed by atoms with Crippen molar-refractivity contribution >= 4 is 17.5 Å². The number of nitrogens with one attached hydrogen (secondary N) is 1. The summed E-state index contributed by atoms with van der Waals surface area (Å²) in [5.74, 6) is -0.816. The molecule has 160 valence electrons. The molecule has 0 spiro atoms. The van der Waals surface area contributed by atoms with Gasteiger partial charge in [0.1, 0.15) is 17.7 Å². The van der Waals surface area contributed by atoms with Crippen molar-refractivity contribution in [1.82, 2.24) is 29.4 Å². The van der Waals surface area contributed by atoms with Gasteiger partial charge in [-0.15, -0.1) is 5.10 Å². The van der Waals surface area contributed by atoms with Gasteiger partial charge in [0.15, 0.2) is 11.3 Å². The second-order valence-electron chi connectivity index (χ2n) is 6.65. The molecule has 0 bridgehead atoms. The summed E-state index contributed by atoms with van der Waals surface area (Å²) in [4.78, 5) is 20.0. The number of aromatic nitrogens is 6. The molecule has 1 N–H and O–H groups in total. The van der Waals surface area contributed by atoms with Crippen LogP contribution in [0.1, 0.15) is 45.9 Å². The zero-order chi connectivity index (χ0) is 22.1. The number of amides is 1. The van der Waals surface area contributed by atoms with Crippen LogP contribution in [0.3, 0.4) is 0 Å². The van der Waals surface area contributed by atoms with Crippen LogP contribution in [0.4, 0.5) is 23.5 Å². The minimum Gasteiger partial charge on any atom is -0.288 e. The zero-order valence-corrected chi connectivity index (χ0v) is 16.0. The quantitative estimate of drug-likeness (QED) is 0.467. The Morgan fingerprint density at radius 2 is 1.87 bits per heavy atom. The van der Waals surface area contributed by atoms with E-state index in [1.165, 1.54) is 11.0 Å². The second-order valence-corrected chi connectivity index (χ2v) is 6.65. The first-order chi connectivity index (χ1) is 14.8. The third-order valence-electron chi connectivity index (χ3n) is 4.51. The molecule has 3 aromatic heterocycles. The summed E-state index contributed by atoms with van der Waals surface area (Å²) in [6, 6.07) is 9.31. The fraction of sp³-hybridized carbons (Fsp3) is 0.211. The molecule has 0 atom stereocenters. The van der Waals surface area contributed by atoms with E-state index in [-0.39, 0.29) is 17.3 Å². The zero-order valence-electron chi connectivity index (χ0n) is 16.0. The monoisotopic (exact) mass is 433 g/mol. The van der Waals surface area contributed by atoms with Crippen molar-refractivity contribution in [1.29, 1.82) is 0 Å². The summed E-state index contributed by atoms with van der Waals surface area (Å²) in [6.07, 6.45) is -4.70. The van der Waals surface area contributed by atoms with E-state index < -0.39 is 30.1 Å². The fourth-order valence-corrected chi connectivity index (χ4v) is 2.95. The van der Waals surface area contributed by atoms with Gasteiger partial charge in [-0.05, 0) is 24.1 Å². The highest BCUT2D eigenvalue weighted by Crippen LogP contribution is 2.25.